The van der Waals surface area contributed by atoms with Crippen molar-refractivity contribution in [3.05, 3.63) is 51.9 Å². The molecule has 0 saturated carbocycles. The van der Waals surface area contributed by atoms with E-state index in [9.17, 15) is 4.39 Å². The molecule has 0 atom stereocenters. The van der Waals surface area contributed by atoms with Crippen LogP contribution in [0.15, 0.2) is 42.5 Å². The predicted octanol–water partition coefficient (Wildman–Crippen LogP) is 3.34. The van der Waals surface area contributed by atoms with Gasteiger partial charge >= 0.3 is 0 Å². The third-order valence-corrected chi connectivity index (χ3v) is 4.47. The Kier molecular flexibility index (Phi) is 4.19. The summed E-state index contributed by atoms with van der Waals surface area (Å²) < 4.78 is 14.1. The van der Waals surface area contributed by atoms with Crippen molar-refractivity contribution >= 4 is 39.7 Å². The first kappa shape index (κ1) is 14.4. The summed E-state index contributed by atoms with van der Waals surface area (Å²) in [5, 5.41) is 0. The summed E-state index contributed by atoms with van der Waals surface area (Å²) in [7, 11) is 0. The second-order valence-electron chi connectivity index (χ2n) is 5.15. The third-order valence-electron chi connectivity index (χ3n) is 3.80. The number of anilines is 3. The number of nitrogens with zero attached hydrogens (tertiary/aromatic N) is 2. The van der Waals surface area contributed by atoms with Crippen molar-refractivity contribution in [2.75, 3.05) is 41.7 Å². The minimum Gasteiger partial charge on any atom is -0.397 e. The van der Waals surface area contributed by atoms with E-state index >= 15 is 0 Å². The topological polar surface area (TPSA) is 32.5 Å². The van der Waals surface area contributed by atoms with E-state index in [0.29, 0.717) is 0 Å². The van der Waals surface area contributed by atoms with Crippen LogP contribution in [-0.2, 0) is 0 Å². The van der Waals surface area contributed by atoms with Crippen molar-refractivity contribution < 1.29 is 4.39 Å². The highest BCUT2D eigenvalue weighted by atomic mass is 127. The summed E-state index contributed by atoms with van der Waals surface area (Å²) >= 11 is 2.27. The smallest absolute Gasteiger partial charge is 0.123 e. The van der Waals surface area contributed by atoms with E-state index in [1.165, 1.54) is 12.1 Å². The Hall–Kier alpha value is -1.50. The third kappa shape index (κ3) is 3.23. The monoisotopic (exact) mass is 397 g/mol. The maximum atomic E-state index is 13.0. The number of piperazine rings is 1. The van der Waals surface area contributed by atoms with Crippen LogP contribution in [0.25, 0.3) is 0 Å². The molecule has 0 amide bonds. The molecule has 110 valence electrons. The van der Waals surface area contributed by atoms with Crippen LogP contribution in [0.1, 0.15) is 0 Å². The standard InChI is InChI=1S/C16H17FIN3/c17-12-1-4-14(5-2-12)20-7-9-21(10-8-20)16-6-3-13(18)11-15(16)19/h1-6,11H,7-10,19H2. The van der Waals surface area contributed by atoms with Gasteiger partial charge in [0.05, 0.1) is 11.4 Å². The fourth-order valence-electron chi connectivity index (χ4n) is 2.67. The fraction of sp³-hybridized carbons (Fsp3) is 0.250. The first-order valence-electron chi connectivity index (χ1n) is 6.94. The maximum absolute atomic E-state index is 13.0. The molecule has 21 heavy (non-hydrogen) atoms. The first-order valence-corrected chi connectivity index (χ1v) is 8.02. The van der Waals surface area contributed by atoms with Gasteiger partial charge in [0, 0.05) is 35.4 Å². The molecular weight excluding hydrogens is 380 g/mol. The lowest BCUT2D eigenvalue weighted by atomic mass is 10.2. The van der Waals surface area contributed by atoms with E-state index in [-0.39, 0.29) is 5.82 Å². The van der Waals surface area contributed by atoms with Gasteiger partial charge in [0.25, 0.3) is 0 Å². The van der Waals surface area contributed by atoms with Gasteiger partial charge in [-0.1, -0.05) is 0 Å². The van der Waals surface area contributed by atoms with Crippen LogP contribution in [0.4, 0.5) is 21.5 Å². The maximum Gasteiger partial charge on any atom is 0.123 e. The van der Waals surface area contributed by atoms with Crippen LogP contribution < -0.4 is 15.5 Å². The summed E-state index contributed by atoms with van der Waals surface area (Å²) in [6, 6.07) is 12.9. The highest BCUT2D eigenvalue weighted by Gasteiger charge is 2.19. The van der Waals surface area contributed by atoms with E-state index in [0.717, 1.165) is 46.8 Å². The number of rotatable bonds is 2. The molecule has 3 rings (SSSR count). The number of nitrogens with two attached hydrogens (primary N) is 1. The summed E-state index contributed by atoms with van der Waals surface area (Å²) in [5.74, 6) is -0.191. The molecule has 1 aliphatic heterocycles. The van der Waals surface area contributed by atoms with Gasteiger partial charge in [0.1, 0.15) is 5.82 Å². The largest absolute Gasteiger partial charge is 0.397 e. The molecule has 3 nitrogen and oxygen atoms in total. The Labute approximate surface area is 137 Å². The van der Waals surface area contributed by atoms with Crippen molar-refractivity contribution in [3.63, 3.8) is 0 Å². The van der Waals surface area contributed by atoms with Gasteiger partial charge in [-0.15, -0.1) is 0 Å². The summed E-state index contributed by atoms with van der Waals surface area (Å²) in [4.78, 5) is 4.59. The Bertz CT molecular complexity index is 622. The zero-order chi connectivity index (χ0) is 14.8. The molecule has 0 unspecified atom stereocenters. The van der Waals surface area contributed by atoms with Crippen LogP contribution in [0.3, 0.4) is 0 Å². The molecule has 1 saturated heterocycles. The van der Waals surface area contributed by atoms with Crippen molar-refractivity contribution in [2.24, 2.45) is 0 Å². The second kappa shape index (κ2) is 6.09. The number of hydrogen-bond acceptors (Lipinski definition) is 3. The molecule has 1 fully saturated rings. The average Bonchev–Trinajstić information content (AvgIpc) is 2.48. The van der Waals surface area contributed by atoms with Crippen molar-refractivity contribution in [1.82, 2.24) is 0 Å². The highest BCUT2D eigenvalue weighted by Crippen LogP contribution is 2.27. The SMILES string of the molecule is Nc1cc(I)ccc1N1CCN(c2ccc(F)cc2)CC1. The molecule has 0 radical (unpaired) electrons. The van der Waals surface area contributed by atoms with Crippen molar-refractivity contribution in [3.8, 4) is 0 Å². The number of benzene rings is 2. The summed E-state index contributed by atoms with van der Waals surface area (Å²) in [6.45, 7) is 3.67. The average molecular weight is 397 g/mol. The number of nitrogen functional groups attached to an aromatic ring is 1. The van der Waals surface area contributed by atoms with Crippen molar-refractivity contribution in [2.45, 2.75) is 0 Å². The minimum atomic E-state index is -0.191. The molecule has 0 spiro atoms. The lowest BCUT2D eigenvalue weighted by Crippen LogP contribution is -2.46. The molecule has 0 aliphatic carbocycles. The van der Waals surface area contributed by atoms with Gasteiger partial charge in [-0.2, -0.15) is 0 Å². The quantitative estimate of drug-likeness (QED) is 0.624. The Morgan fingerprint density at radius 1 is 0.905 bits per heavy atom. The van der Waals surface area contributed by atoms with Gasteiger partial charge < -0.3 is 15.5 Å². The molecular formula is C16H17FIN3. The minimum absolute atomic E-state index is 0.191. The van der Waals surface area contributed by atoms with Crippen LogP contribution in [-0.4, -0.2) is 26.2 Å². The zero-order valence-corrected chi connectivity index (χ0v) is 13.8. The zero-order valence-electron chi connectivity index (χ0n) is 11.6. The lowest BCUT2D eigenvalue weighted by molar-refractivity contribution is 0.625. The van der Waals surface area contributed by atoms with Gasteiger partial charge in [0.2, 0.25) is 0 Å². The van der Waals surface area contributed by atoms with Crippen molar-refractivity contribution in [1.29, 1.82) is 0 Å². The Balaban J connectivity index is 1.68. The molecule has 2 aromatic carbocycles. The molecule has 2 aromatic rings. The molecule has 2 N–H and O–H groups in total. The molecule has 0 bridgehead atoms. The first-order chi connectivity index (χ1) is 10.1. The van der Waals surface area contributed by atoms with Gasteiger partial charge in [-0.25, -0.2) is 4.39 Å². The molecule has 0 aromatic heterocycles. The number of hydrogen-bond donors (Lipinski definition) is 1. The van der Waals surface area contributed by atoms with E-state index in [1.54, 1.807) is 0 Å². The predicted molar refractivity (Wildman–Crippen MR) is 94.4 cm³/mol. The van der Waals surface area contributed by atoms with Crippen LogP contribution >= 0.6 is 22.6 Å². The van der Waals surface area contributed by atoms with E-state index < -0.39 is 0 Å². The van der Waals surface area contributed by atoms with Crippen LogP contribution in [0.2, 0.25) is 0 Å². The second-order valence-corrected chi connectivity index (χ2v) is 6.40. The van der Waals surface area contributed by atoms with Gasteiger partial charge in [0.15, 0.2) is 0 Å². The normalized spacial score (nSPS) is 15.3. The van der Waals surface area contributed by atoms with E-state index in [2.05, 4.69) is 44.5 Å². The van der Waals surface area contributed by atoms with E-state index in [4.69, 9.17) is 5.73 Å². The van der Waals surface area contributed by atoms with Crippen LogP contribution in [0.5, 0.6) is 0 Å². The Morgan fingerprint density at radius 3 is 2.14 bits per heavy atom. The summed E-state index contributed by atoms with van der Waals surface area (Å²) in [5.41, 5.74) is 9.12. The summed E-state index contributed by atoms with van der Waals surface area (Å²) in [6.07, 6.45) is 0. The molecule has 5 heteroatoms. The molecule has 1 aliphatic rings. The van der Waals surface area contributed by atoms with Gasteiger partial charge in [-0.05, 0) is 65.1 Å². The number of halogens is 2. The van der Waals surface area contributed by atoms with E-state index in [1.807, 2.05) is 18.2 Å². The fourth-order valence-corrected chi connectivity index (χ4v) is 3.19. The van der Waals surface area contributed by atoms with Crippen LogP contribution in [0, 0.1) is 9.39 Å². The Morgan fingerprint density at radius 2 is 1.52 bits per heavy atom. The van der Waals surface area contributed by atoms with Gasteiger partial charge in [-0.3, -0.25) is 0 Å². The highest BCUT2D eigenvalue weighted by molar-refractivity contribution is 14.1. The molecule has 1 heterocycles. The lowest BCUT2D eigenvalue weighted by Gasteiger charge is -2.37.